The number of rotatable bonds is 8. The molecule has 0 fully saturated rings. The first-order valence-corrected chi connectivity index (χ1v) is 8.67. The van der Waals surface area contributed by atoms with E-state index in [1.54, 1.807) is 24.3 Å². The highest BCUT2D eigenvalue weighted by Crippen LogP contribution is 2.29. The van der Waals surface area contributed by atoms with Gasteiger partial charge in [0.2, 0.25) is 5.91 Å². The summed E-state index contributed by atoms with van der Waals surface area (Å²) in [6.45, 7) is 4.91. The molecule has 0 saturated heterocycles. The van der Waals surface area contributed by atoms with Gasteiger partial charge in [0.15, 0.2) is 11.5 Å². The number of hydrogen-bond acceptors (Lipinski definition) is 4. The van der Waals surface area contributed by atoms with Crippen molar-refractivity contribution in [1.82, 2.24) is 0 Å². The predicted molar refractivity (Wildman–Crippen MR) is 104 cm³/mol. The summed E-state index contributed by atoms with van der Waals surface area (Å²) in [7, 11) is 1.53. The standard InChI is InChI=1S/C20H22ClNO4/c1-4-25-18-9-6-14(12-19(18)26-5-2)7-11-20(23)22-16-13-15(21)8-10-17(16)24-3/h6-13H,4-5H2,1-3H3,(H,22,23). The van der Waals surface area contributed by atoms with E-state index in [1.807, 2.05) is 32.0 Å². The number of ether oxygens (including phenoxy) is 3. The Morgan fingerprint density at radius 1 is 1.04 bits per heavy atom. The molecular formula is C20H22ClNO4. The number of benzene rings is 2. The van der Waals surface area contributed by atoms with Gasteiger partial charge in [-0.15, -0.1) is 0 Å². The second kappa shape index (κ2) is 9.73. The van der Waals surface area contributed by atoms with Crippen LogP contribution in [0.1, 0.15) is 19.4 Å². The van der Waals surface area contributed by atoms with Gasteiger partial charge in [-0.3, -0.25) is 4.79 Å². The molecule has 0 heterocycles. The van der Waals surface area contributed by atoms with Gasteiger partial charge in [0.05, 0.1) is 26.0 Å². The van der Waals surface area contributed by atoms with Crippen LogP contribution in [-0.2, 0) is 4.79 Å². The number of amides is 1. The maximum absolute atomic E-state index is 12.2. The van der Waals surface area contributed by atoms with Gasteiger partial charge < -0.3 is 19.5 Å². The minimum absolute atomic E-state index is 0.294. The summed E-state index contributed by atoms with van der Waals surface area (Å²) in [6.07, 6.45) is 3.14. The Balaban J connectivity index is 2.12. The van der Waals surface area contributed by atoms with Gasteiger partial charge in [-0.2, -0.15) is 0 Å². The van der Waals surface area contributed by atoms with Gasteiger partial charge >= 0.3 is 0 Å². The normalized spacial score (nSPS) is 10.6. The van der Waals surface area contributed by atoms with E-state index < -0.39 is 0 Å². The molecule has 1 N–H and O–H groups in total. The highest BCUT2D eigenvalue weighted by atomic mass is 35.5. The SMILES string of the molecule is CCOc1ccc(C=CC(=O)Nc2cc(Cl)ccc2OC)cc1OCC. The van der Waals surface area contributed by atoms with Crippen molar-refractivity contribution in [1.29, 1.82) is 0 Å². The summed E-state index contributed by atoms with van der Waals surface area (Å²) < 4.78 is 16.3. The molecule has 0 radical (unpaired) electrons. The lowest BCUT2D eigenvalue weighted by molar-refractivity contribution is -0.111. The summed E-state index contributed by atoms with van der Waals surface area (Å²) in [6, 6.07) is 10.5. The first kappa shape index (κ1) is 19.7. The van der Waals surface area contributed by atoms with Gasteiger partial charge in [-0.25, -0.2) is 0 Å². The molecule has 0 bridgehead atoms. The van der Waals surface area contributed by atoms with E-state index in [-0.39, 0.29) is 5.91 Å². The molecule has 1 amide bonds. The third-order valence-electron chi connectivity index (χ3n) is 3.41. The number of methoxy groups -OCH3 is 1. The Hall–Kier alpha value is -2.66. The summed E-state index contributed by atoms with van der Waals surface area (Å²) in [5.74, 6) is 1.57. The van der Waals surface area contributed by atoms with Crippen LogP contribution in [-0.4, -0.2) is 26.2 Å². The Labute approximate surface area is 158 Å². The molecule has 0 spiro atoms. The van der Waals surface area contributed by atoms with Gasteiger partial charge in [-0.05, 0) is 55.8 Å². The maximum Gasteiger partial charge on any atom is 0.248 e. The van der Waals surface area contributed by atoms with Crippen LogP contribution in [0.4, 0.5) is 5.69 Å². The fraction of sp³-hybridized carbons (Fsp3) is 0.250. The first-order valence-electron chi connectivity index (χ1n) is 8.29. The summed E-state index contributed by atoms with van der Waals surface area (Å²) >= 11 is 5.97. The Bertz CT molecular complexity index is 789. The quantitative estimate of drug-likeness (QED) is 0.673. The number of nitrogens with one attached hydrogen (secondary N) is 1. The monoisotopic (exact) mass is 375 g/mol. The lowest BCUT2D eigenvalue weighted by Gasteiger charge is -2.11. The lowest BCUT2D eigenvalue weighted by Crippen LogP contribution is -2.08. The van der Waals surface area contributed by atoms with E-state index in [1.165, 1.54) is 13.2 Å². The third kappa shape index (κ3) is 5.43. The fourth-order valence-corrected chi connectivity index (χ4v) is 2.47. The maximum atomic E-state index is 12.2. The van der Waals surface area contributed by atoms with E-state index in [9.17, 15) is 4.79 Å². The van der Waals surface area contributed by atoms with Crippen LogP contribution < -0.4 is 19.5 Å². The van der Waals surface area contributed by atoms with E-state index in [4.69, 9.17) is 25.8 Å². The van der Waals surface area contributed by atoms with Crippen molar-refractivity contribution in [3.05, 3.63) is 53.1 Å². The molecule has 6 heteroatoms. The Morgan fingerprint density at radius 2 is 1.73 bits per heavy atom. The largest absolute Gasteiger partial charge is 0.495 e. The second-order valence-corrected chi connectivity index (χ2v) is 5.68. The van der Waals surface area contributed by atoms with Crippen molar-refractivity contribution in [2.45, 2.75) is 13.8 Å². The minimum atomic E-state index is -0.294. The number of carbonyl (C=O) groups excluding carboxylic acids is 1. The molecule has 0 aliphatic heterocycles. The Morgan fingerprint density at radius 3 is 2.42 bits per heavy atom. The highest BCUT2D eigenvalue weighted by molar-refractivity contribution is 6.31. The average Bonchev–Trinajstić information content (AvgIpc) is 2.62. The smallest absolute Gasteiger partial charge is 0.248 e. The molecular weight excluding hydrogens is 354 g/mol. The van der Waals surface area contributed by atoms with Crippen LogP contribution in [0.5, 0.6) is 17.2 Å². The van der Waals surface area contributed by atoms with Crippen molar-refractivity contribution < 1.29 is 19.0 Å². The molecule has 5 nitrogen and oxygen atoms in total. The zero-order valence-electron chi connectivity index (χ0n) is 15.0. The Kier molecular flexibility index (Phi) is 7.36. The van der Waals surface area contributed by atoms with Gasteiger partial charge in [-0.1, -0.05) is 17.7 Å². The van der Waals surface area contributed by atoms with Crippen molar-refractivity contribution in [2.24, 2.45) is 0 Å². The van der Waals surface area contributed by atoms with Gasteiger partial charge in [0.25, 0.3) is 0 Å². The molecule has 0 unspecified atom stereocenters. The molecule has 0 aliphatic rings. The average molecular weight is 376 g/mol. The molecule has 0 atom stereocenters. The minimum Gasteiger partial charge on any atom is -0.495 e. The van der Waals surface area contributed by atoms with E-state index in [0.29, 0.717) is 41.2 Å². The lowest BCUT2D eigenvalue weighted by atomic mass is 10.2. The zero-order valence-corrected chi connectivity index (χ0v) is 15.8. The van der Waals surface area contributed by atoms with Crippen molar-refractivity contribution in [3.8, 4) is 17.2 Å². The van der Waals surface area contributed by atoms with Crippen LogP contribution in [0.15, 0.2) is 42.5 Å². The summed E-state index contributed by atoms with van der Waals surface area (Å²) in [5.41, 5.74) is 1.33. The zero-order chi connectivity index (χ0) is 18.9. The fourth-order valence-electron chi connectivity index (χ4n) is 2.30. The number of carbonyl (C=O) groups is 1. The molecule has 2 rings (SSSR count). The van der Waals surface area contributed by atoms with Gasteiger partial charge in [0, 0.05) is 11.1 Å². The number of halogens is 1. The van der Waals surface area contributed by atoms with Crippen LogP contribution in [0.25, 0.3) is 6.08 Å². The van der Waals surface area contributed by atoms with E-state index in [2.05, 4.69) is 5.32 Å². The topological polar surface area (TPSA) is 56.8 Å². The number of hydrogen-bond donors (Lipinski definition) is 1. The van der Waals surface area contributed by atoms with E-state index >= 15 is 0 Å². The summed E-state index contributed by atoms with van der Waals surface area (Å²) in [5, 5.41) is 3.26. The predicted octanol–water partition coefficient (Wildman–Crippen LogP) is 4.80. The van der Waals surface area contributed by atoms with Crippen LogP contribution in [0.2, 0.25) is 5.02 Å². The van der Waals surface area contributed by atoms with E-state index in [0.717, 1.165) is 5.56 Å². The third-order valence-corrected chi connectivity index (χ3v) is 3.65. The van der Waals surface area contributed by atoms with Crippen molar-refractivity contribution in [2.75, 3.05) is 25.6 Å². The molecule has 0 saturated carbocycles. The van der Waals surface area contributed by atoms with Crippen LogP contribution >= 0.6 is 11.6 Å². The van der Waals surface area contributed by atoms with Crippen LogP contribution in [0, 0.1) is 0 Å². The summed E-state index contributed by atoms with van der Waals surface area (Å²) in [4.78, 5) is 12.2. The molecule has 0 aliphatic carbocycles. The van der Waals surface area contributed by atoms with Crippen molar-refractivity contribution >= 4 is 29.3 Å². The molecule has 0 aromatic heterocycles. The molecule has 138 valence electrons. The van der Waals surface area contributed by atoms with Gasteiger partial charge in [0.1, 0.15) is 5.75 Å². The second-order valence-electron chi connectivity index (χ2n) is 5.24. The van der Waals surface area contributed by atoms with Crippen molar-refractivity contribution in [3.63, 3.8) is 0 Å². The highest BCUT2D eigenvalue weighted by Gasteiger charge is 2.07. The number of anilines is 1. The molecule has 2 aromatic rings. The molecule has 26 heavy (non-hydrogen) atoms. The molecule has 2 aromatic carbocycles. The first-order chi connectivity index (χ1) is 12.6. The van der Waals surface area contributed by atoms with Crippen LogP contribution in [0.3, 0.4) is 0 Å².